The highest BCUT2D eigenvalue weighted by Crippen LogP contribution is 2.29. The maximum atomic E-state index is 13.6. The van der Waals surface area contributed by atoms with Crippen LogP contribution >= 0.6 is 0 Å². The van der Waals surface area contributed by atoms with Crippen molar-refractivity contribution < 1.29 is 13.2 Å². The van der Waals surface area contributed by atoms with Crippen LogP contribution < -0.4 is 10.5 Å². The molecule has 10 heteroatoms. The summed E-state index contributed by atoms with van der Waals surface area (Å²) in [4.78, 5) is 37.0. The second-order valence-electron chi connectivity index (χ2n) is 8.65. The van der Waals surface area contributed by atoms with E-state index in [1.54, 1.807) is 57.3 Å². The third-order valence-electron chi connectivity index (χ3n) is 6.38. The second kappa shape index (κ2) is 10.2. The number of para-hydroxylation sites is 1. The maximum absolute atomic E-state index is 13.6. The van der Waals surface area contributed by atoms with E-state index in [1.807, 2.05) is 0 Å². The van der Waals surface area contributed by atoms with Gasteiger partial charge in [-0.2, -0.15) is 4.31 Å². The van der Waals surface area contributed by atoms with Gasteiger partial charge in [0.2, 0.25) is 10.0 Å². The van der Waals surface area contributed by atoms with Gasteiger partial charge < -0.3 is 14.8 Å². The average Bonchev–Trinajstić information content (AvgIpc) is 3.38. The highest BCUT2D eigenvalue weighted by atomic mass is 32.2. The lowest BCUT2D eigenvalue weighted by molar-refractivity contribution is 0.0782. The normalized spacial score (nSPS) is 14.1. The molecule has 1 aromatic heterocycles. The summed E-state index contributed by atoms with van der Waals surface area (Å²) < 4.78 is 27.7. The summed E-state index contributed by atoms with van der Waals surface area (Å²) in [6, 6.07) is 11.8. The van der Waals surface area contributed by atoms with Gasteiger partial charge in [0.1, 0.15) is 5.82 Å². The minimum absolute atomic E-state index is 0.0748. The van der Waals surface area contributed by atoms with Crippen molar-refractivity contribution in [2.24, 2.45) is 0 Å². The van der Waals surface area contributed by atoms with Gasteiger partial charge in [0.05, 0.1) is 27.9 Å². The maximum Gasteiger partial charge on any atom is 0.258 e. The molecule has 0 atom stereocenters. The lowest BCUT2D eigenvalue weighted by atomic mass is 10.1. The van der Waals surface area contributed by atoms with Gasteiger partial charge in [-0.15, -0.1) is 0 Å². The summed E-state index contributed by atoms with van der Waals surface area (Å²) in [7, 11) is -2.11. The zero-order valence-electron chi connectivity index (χ0n) is 20.3. The Kier molecular flexibility index (Phi) is 7.23. The minimum Gasteiger partial charge on any atom is -0.371 e. The van der Waals surface area contributed by atoms with Gasteiger partial charge in [0, 0.05) is 38.9 Å². The monoisotopic (exact) mass is 497 g/mol. The molecule has 1 amide bonds. The molecule has 1 N–H and O–H groups in total. The third kappa shape index (κ3) is 4.94. The molecule has 1 aliphatic heterocycles. The Morgan fingerprint density at radius 2 is 1.77 bits per heavy atom. The zero-order valence-corrected chi connectivity index (χ0v) is 21.1. The largest absolute Gasteiger partial charge is 0.371 e. The van der Waals surface area contributed by atoms with Gasteiger partial charge in [0.25, 0.3) is 11.5 Å². The van der Waals surface area contributed by atoms with E-state index < -0.39 is 10.0 Å². The number of hydrogen-bond donors (Lipinski definition) is 1. The van der Waals surface area contributed by atoms with Crippen LogP contribution in [0, 0.1) is 0 Å². The van der Waals surface area contributed by atoms with E-state index in [9.17, 15) is 18.0 Å². The van der Waals surface area contributed by atoms with E-state index in [0.29, 0.717) is 35.4 Å². The smallest absolute Gasteiger partial charge is 0.258 e. The summed E-state index contributed by atoms with van der Waals surface area (Å²) in [5.41, 5.74) is 1.33. The summed E-state index contributed by atoms with van der Waals surface area (Å²) >= 11 is 0. The van der Waals surface area contributed by atoms with Crippen molar-refractivity contribution in [3.8, 4) is 0 Å². The van der Waals surface area contributed by atoms with E-state index in [4.69, 9.17) is 0 Å². The van der Waals surface area contributed by atoms with Crippen molar-refractivity contribution in [3.63, 3.8) is 0 Å². The highest BCUT2D eigenvalue weighted by Gasteiger charge is 2.27. The number of amides is 1. The molecule has 3 aromatic rings. The van der Waals surface area contributed by atoms with E-state index in [-0.39, 0.29) is 22.9 Å². The number of aromatic nitrogens is 2. The van der Waals surface area contributed by atoms with E-state index in [1.165, 1.54) is 15.3 Å². The van der Waals surface area contributed by atoms with E-state index in [2.05, 4.69) is 14.9 Å². The van der Waals surface area contributed by atoms with Crippen molar-refractivity contribution in [1.29, 1.82) is 0 Å². The van der Waals surface area contributed by atoms with Crippen LogP contribution in [0.5, 0.6) is 0 Å². The fourth-order valence-corrected chi connectivity index (χ4v) is 5.99. The SMILES string of the molecule is CCN(CC)S(=O)(=O)c1ccc(N2CCCC2)c(C(=O)N(C)Cc2nc3ccccc3c(=O)[nH]2)c1. The van der Waals surface area contributed by atoms with Crippen LogP contribution in [-0.2, 0) is 16.6 Å². The minimum atomic E-state index is -3.73. The van der Waals surface area contributed by atoms with E-state index in [0.717, 1.165) is 31.6 Å². The Bertz CT molecular complexity index is 1390. The molecule has 2 heterocycles. The number of nitrogens with one attached hydrogen (secondary N) is 1. The number of fused-ring (bicyclic) bond motifs is 1. The van der Waals surface area contributed by atoms with Crippen LogP contribution in [0.3, 0.4) is 0 Å². The van der Waals surface area contributed by atoms with Crippen LogP contribution in [0.25, 0.3) is 10.9 Å². The third-order valence-corrected chi connectivity index (χ3v) is 8.43. The number of hydrogen-bond acceptors (Lipinski definition) is 6. The molecule has 0 saturated carbocycles. The van der Waals surface area contributed by atoms with Gasteiger partial charge in [-0.1, -0.05) is 26.0 Å². The predicted molar refractivity (Wildman–Crippen MR) is 136 cm³/mol. The number of rotatable bonds is 8. The van der Waals surface area contributed by atoms with Crippen molar-refractivity contribution in [2.75, 3.05) is 38.1 Å². The van der Waals surface area contributed by atoms with Crippen molar-refractivity contribution in [3.05, 3.63) is 64.2 Å². The molecule has 0 bridgehead atoms. The molecular weight excluding hydrogens is 466 g/mol. The van der Waals surface area contributed by atoms with Crippen LogP contribution in [0.2, 0.25) is 0 Å². The molecule has 186 valence electrons. The molecule has 9 nitrogen and oxygen atoms in total. The standard InChI is InChI=1S/C25H31N5O4S/c1-4-30(5-2)35(33,34)18-12-13-22(29-14-8-9-15-29)20(16-18)25(32)28(3)17-23-26-21-11-7-6-10-19(21)24(31)27-23/h6-7,10-13,16H,4-5,8-9,14-15,17H2,1-3H3,(H,26,27,31). The molecule has 1 saturated heterocycles. The van der Waals surface area contributed by atoms with Gasteiger partial charge in [-0.05, 0) is 43.2 Å². The molecule has 1 fully saturated rings. The number of aromatic amines is 1. The first-order valence-electron chi connectivity index (χ1n) is 11.9. The van der Waals surface area contributed by atoms with Crippen molar-refractivity contribution in [1.82, 2.24) is 19.2 Å². The van der Waals surface area contributed by atoms with Crippen LogP contribution in [-0.4, -0.2) is 66.7 Å². The summed E-state index contributed by atoms with van der Waals surface area (Å²) in [6.45, 7) is 5.96. The molecule has 35 heavy (non-hydrogen) atoms. The topological polar surface area (TPSA) is 107 Å². The number of sulfonamides is 1. The Labute approximate surface area is 205 Å². The molecule has 1 aliphatic rings. The summed E-state index contributed by atoms with van der Waals surface area (Å²) in [5, 5.41) is 0.482. The first kappa shape index (κ1) is 24.9. The number of H-pyrrole nitrogens is 1. The Morgan fingerprint density at radius 1 is 1.09 bits per heavy atom. The van der Waals surface area contributed by atoms with Gasteiger partial charge >= 0.3 is 0 Å². The molecule has 0 radical (unpaired) electrons. The first-order chi connectivity index (χ1) is 16.8. The molecule has 0 spiro atoms. The second-order valence-corrected chi connectivity index (χ2v) is 10.6. The fraction of sp³-hybridized carbons (Fsp3) is 0.400. The van der Waals surface area contributed by atoms with Crippen molar-refractivity contribution >= 4 is 32.5 Å². The van der Waals surface area contributed by atoms with Crippen LogP contribution in [0.4, 0.5) is 5.69 Å². The Hall–Kier alpha value is -3.24. The predicted octanol–water partition coefficient (Wildman–Crippen LogP) is 2.83. The van der Waals surface area contributed by atoms with Gasteiger partial charge in [-0.3, -0.25) is 9.59 Å². The molecular formula is C25H31N5O4S. The van der Waals surface area contributed by atoms with E-state index >= 15 is 0 Å². The lowest BCUT2D eigenvalue weighted by Crippen LogP contribution is -2.32. The number of anilines is 1. The fourth-order valence-electron chi connectivity index (χ4n) is 4.51. The number of carbonyl (C=O) groups excluding carboxylic acids is 1. The van der Waals surface area contributed by atoms with Crippen LogP contribution in [0.15, 0.2) is 52.2 Å². The summed E-state index contributed by atoms with van der Waals surface area (Å²) in [5.74, 6) is 0.0264. The quantitative estimate of drug-likeness (QED) is 0.513. The Morgan fingerprint density at radius 3 is 2.46 bits per heavy atom. The van der Waals surface area contributed by atoms with Gasteiger partial charge in [-0.25, -0.2) is 13.4 Å². The molecule has 0 aliphatic carbocycles. The molecule has 4 rings (SSSR count). The van der Waals surface area contributed by atoms with Crippen molar-refractivity contribution in [2.45, 2.75) is 38.1 Å². The highest BCUT2D eigenvalue weighted by molar-refractivity contribution is 7.89. The zero-order chi connectivity index (χ0) is 25.2. The number of carbonyl (C=O) groups is 1. The lowest BCUT2D eigenvalue weighted by Gasteiger charge is -2.25. The number of benzene rings is 2. The first-order valence-corrected chi connectivity index (χ1v) is 13.3. The number of nitrogens with zero attached hydrogens (tertiary/aromatic N) is 4. The molecule has 0 unspecified atom stereocenters. The summed E-state index contributed by atoms with van der Waals surface area (Å²) in [6.07, 6.45) is 2.04. The molecule has 2 aromatic carbocycles. The Balaban J connectivity index is 1.70. The average molecular weight is 498 g/mol. The van der Waals surface area contributed by atoms with Crippen LogP contribution in [0.1, 0.15) is 42.9 Å². The van der Waals surface area contributed by atoms with Gasteiger partial charge in [0.15, 0.2) is 0 Å².